The number of ether oxygens (including phenoxy) is 1. The molecule has 1 aliphatic rings. The van der Waals surface area contributed by atoms with Crippen molar-refractivity contribution in [1.29, 1.82) is 0 Å². The molecule has 0 aromatic heterocycles. The van der Waals surface area contributed by atoms with Gasteiger partial charge in [-0.05, 0) is 32.4 Å². The summed E-state index contributed by atoms with van der Waals surface area (Å²) in [5.74, 6) is -0.177. The lowest BCUT2D eigenvalue weighted by atomic mass is 9.93. The fourth-order valence-electron chi connectivity index (χ4n) is 2.53. The van der Waals surface area contributed by atoms with Gasteiger partial charge in [-0.15, -0.1) is 13.2 Å². The highest BCUT2D eigenvalue weighted by Gasteiger charge is 2.34. The van der Waals surface area contributed by atoms with Gasteiger partial charge >= 0.3 is 6.36 Å². The molecule has 3 nitrogen and oxygen atoms in total. The molecule has 6 heteroatoms. The van der Waals surface area contributed by atoms with E-state index >= 15 is 0 Å². The van der Waals surface area contributed by atoms with E-state index in [1.165, 1.54) is 12.1 Å². The molecule has 1 aromatic rings. The van der Waals surface area contributed by atoms with Gasteiger partial charge in [-0.25, -0.2) is 0 Å². The van der Waals surface area contributed by atoms with E-state index in [9.17, 15) is 13.2 Å². The Morgan fingerprint density at radius 2 is 2.14 bits per heavy atom. The lowest BCUT2D eigenvalue weighted by Crippen LogP contribution is -2.62. The highest BCUT2D eigenvalue weighted by atomic mass is 19.4. The number of rotatable bonds is 3. The maximum Gasteiger partial charge on any atom is 0.573 e. The largest absolute Gasteiger partial charge is 0.573 e. The Hall–Kier alpha value is -1.43. The number of anilines is 1. The minimum atomic E-state index is -4.66. The van der Waals surface area contributed by atoms with Crippen LogP contribution in [0.15, 0.2) is 24.3 Å². The van der Waals surface area contributed by atoms with E-state index < -0.39 is 6.36 Å². The molecule has 0 saturated carbocycles. The van der Waals surface area contributed by atoms with Gasteiger partial charge in [-0.1, -0.05) is 13.0 Å². The SMILES string of the molecule is CCC1(C)CN(c2cccc(OC(F)(F)F)c2)C(C)CN1. The first-order valence-corrected chi connectivity index (χ1v) is 7.10. The molecule has 0 bridgehead atoms. The van der Waals surface area contributed by atoms with Crippen molar-refractivity contribution in [3.63, 3.8) is 0 Å². The molecule has 1 aliphatic heterocycles. The molecule has 2 rings (SSSR count). The van der Waals surface area contributed by atoms with Crippen LogP contribution in [0.1, 0.15) is 27.2 Å². The van der Waals surface area contributed by atoms with E-state index in [0.717, 1.165) is 25.2 Å². The van der Waals surface area contributed by atoms with Gasteiger partial charge in [0.25, 0.3) is 0 Å². The second-order valence-electron chi connectivity index (χ2n) is 5.82. The van der Waals surface area contributed by atoms with Gasteiger partial charge < -0.3 is 15.0 Å². The topological polar surface area (TPSA) is 24.5 Å². The number of piperazine rings is 1. The van der Waals surface area contributed by atoms with Crippen LogP contribution < -0.4 is 15.0 Å². The highest BCUT2D eigenvalue weighted by Crippen LogP contribution is 2.30. The predicted molar refractivity (Wildman–Crippen MR) is 76.6 cm³/mol. The number of alkyl halides is 3. The lowest BCUT2D eigenvalue weighted by Gasteiger charge is -2.46. The molecule has 1 aromatic carbocycles. The average molecular weight is 302 g/mol. The van der Waals surface area contributed by atoms with Gasteiger partial charge in [-0.2, -0.15) is 0 Å². The first kappa shape index (κ1) is 15.9. The standard InChI is InChI=1S/C15H21F3N2O/c1-4-14(3)10-20(11(2)9-19-14)12-6-5-7-13(8-12)21-15(16,17)18/h5-8,11,19H,4,9-10H2,1-3H3. The van der Waals surface area contributed by atoms with E-state index in [0.29, 0.717) is 0 Å². The molecular formula is C15H21F3N2O. The molecule has 0 aliphatic carbocycles. The Bertz CT molecular complexity index is 492. The van der Waals surface area contributed by atoms with Crippen LogP contribution in [0, 0.1) is 0 Å². The summed E-state index contributed by atoms with van der Waals surface area (Å²) >= 11 is 0. The van der Waals surface area contributed by atoms with Gasteiger partial charge in [0.05, 0.1) is 0 Å². The first-order chi connectivity index (χ1) is 9.72. The minimum absolute atomic E-state index is 0.0343. The van der Waals surface area contributed by atoms with Crippen LogP contribution in [0.25, 0.3) is 0 Å². The second-order valence-corrected chi connectivity index (χ2v) is 5.82. The Morgan fingerprint density at radius 3 is 2.76 bits per heavy atom. The van der Waals surface area contributed by atoms with E-state index in [2.05, 4.69) is 35.7 Å². The Morgan fingerprint density at radius 1 is 1.43 bits per heavy atom. The van der Waals surface area contributed by atoms with E-state index in [4.69, 9.17) is 0 Å². The van der Waals surface area contributed by atoms with E-state index in [1.807, 2.05) is 6.07 Å². The van der Waals surface area contributed by atoms with Crippen molar-refractivity contribution in [3.8, 4) is 5.75 Å². The summed E-state index contributed by atoms with van der Waals surface area (Å²) < 4.78 is 41.0. The number of benzene rings is 1. The zero-order valence-corrected chi connectivity index (χ0v) is 12.5. The summed E-state index contributed by atoms with van der Waals surface area (Å²) in [6.45, 7) is 7.83. The van der Waals surface area contributed by atoms with Crippen LogP contribution in [-0.2, 0) is 0 Å². The van der Waals surface area contributed by atoms with Gasteiger partial charge in [0, 0.05) is 36.4 Å². The Balaban J connectivity index is 2.22. The molecular weight excluding hydrogens is 281 g/mol. The van der Waals surface area contributed by atoms with Crippen LogP contribution in [0.2, 0.25) is 0 Å². The predicted octanol–water partition coefficient (Wildman–Crippen LogP) is 3.55. The minimum Gasteiger partial charge on any atom is -0.406 e. The van der Waals surface area contributed by atoms with Crippen molar-refractivity contribution in [1.82, 2.24) is 5.32 Å². The smallest absolute Gasteiger partial charge is 0.406 e. The third kappa shape index (κ3) is 4.03. The third-order valence-corrected chi connectivity index (χ3v) is 4.04. The van der Waals surface area contributed by atoms with Crippen molar-refractivity contribution in [3.05, 3.63) is 24.3 Å². The quantitative estimate of drug-likeness (QED) is 0.924. The Kier molecular flexibility index (Phi) is 4.37. The number of nitrogens with one attached hydrogen (secondary N) is 1. The number of hydrogen-bond donors (Lipinski definition) is 1. The van der Waals surface area contributed by atoms with Crippen LogP contribution >= 0.6 is 0 Å². The second kappa shape index (κ2) is 5.75. The molecule has 21 heavy (non-hydrogen) atoms. The summed E-state index contributed by atoms with van der Waals surface area (Å²) in [6.07, 6.45) is -3.71. The van der Waals surface area contributed by atoms with Gasteiger partial charge in [-0.3, -0.25) is 0 Å². The van der Waals surface area contributed by atoms with E-state index in [1.54, 1.807) is 6.07 Å². The molecule has 1 fully saturated rings. The molecule has 1 saturated heterocycles. The fraction of sp³-hybridized carbons (Fsp3) is 0.600. The average Bonchev–Trinajstić information content (AvgIpc) is 2.40. The maximum atomic E-state index is 12.3. The molecule has 2 unspecified atom stereocenters. The summed E-state index contributed by atoms with van der Waals surface area (Å²) in [5, 5.41) is 3.49. The molecule has 1 heterocycles. The van der Waals surface area contributed by atoms with Crippen molar-refractivity contribution < 1.29 is 17.9 Å². The van der Waals surface area contributed by atoms with Crippen molar-refractivity contribution in [2.75, 3.05) is 18.0 Å². The molecule has 0 amide bonds. The molecule has 118 valence electrons. The van der Waals surface area contributed by atoms with E-state index in [-0.39, 0.29) is 17.3 Å². The number of nitrogens with zero attached hydrogens (tertiary/aromatic N) is 1. The monoisotopic (exact) mass is 302 g/mol. The van der Waals surface area contributed by atoms with Gasteiger partial charge in [0.2, 0.25) is 0 Å². The number of halogens is 3. The van der Waals surface area contributed by atoms with Crippen molar-refractivity contribution >= 4 is 5.69 Å². The van der Waals surface area contributed by atoms with Gasteiger partial charge in [0.15, 0.2) is 0 Å². The van der Waals surface area contributed by atoms with Crippen molar-refractivity contribution in [2.45, 2.75) is 45.1 Å². The number of hydrogen-bond acceptors (Lipinski definition) is 3. The summed E-state index contributed by atoms with van der Waals surface area (Å²) in [6, 6.07) is 6.40. The lowest BCUT2D eigenvalue weighted by molar-refractivity contribution is -0.274. The highest BCUT2D eigenvalue weighted by molar-refractivity contribution is 5.52. The summed E-state index contributed by atoms with van der Waals surface area (Å²) in [5.41, 5.74) is 0.721. The third-order valence-electron chi connectivity index (χ3n) is 4.04. The fourth-order valence-corrected chi connectivity index (χ4v) is 2.53. The molecule has 1 N–H and O–H groups in total. The maximum absolute atomic E-state index is 12.3. The zero-order valence-electron chi connectivity index (χ0n) is 12.5. The van der Waals surface area contributed by atoms with Gasteiger partial charge in [0.1, 0.15) is 5.75 Å². The molecule has 0 spiro atoms. The van der Waals surface area contributed by atoms with Crippen LogP contribution in [0.5, 0.6) is 5.75 Å². The van der Waals surface area contributed by atoms with Crippen LogP contribution in [-0.4, -0.2) is 31.0 Å². The zero-order chi connectivity index (χ0) is 15.7. The first-order valence-electron chi connectivity index (χ1n) is 7.10. The van der Waals surface area contributed by atoms with Crippen LogP contribution in [0.3, 0.4) is 0 Å². The summed E-state index contributed by atoms with van der Waals surface area (Å²) in [7, 11) is 0. The summed E-state index contributed by atoms with van der Waals surface area (Å²) in [4.78, 5) is 2.13. The van der Waals surface area contributed by atoms with Crippen molar-refractivity contribution in [2.24, 2.45) is 0 Å². The Labute approximate surface area is 123 Å². The molecule has 0 radical (unpaired) electrons. The normalized spacial score (nSPS) is 26.8. The molecule has 2 atom stereocenters. The van der Waals surface area contributed by atoms with Crippen LogP contribution in [0.4, 0.5) is 18.9 Å².